The van der Waals surface area contributed by atoms with Gasteiger partial charge < -0.3 is 30.1 Å². The van der Waals surface area contributed by atoms with Crippen LogP contribution in [-0.4, -0.2) is 87.2 Å². The van der Waals surface area contributed by atoms with Gasteiger partial charge in [-0.1, -0.05) is 12.1 Å². The van der Waals surface area contributed by atoms with Gasteiger partial charge >= 0.3 is 6.03 Å². The first-order chi connectivity index (χ1) is 16.9. The zero-order valence-electron chi connectivity index (χ0n) is 20.1. The van der Waals surface area contributed by atoms with Gasteiger partial charge in [0.05, 0.1) is 12.2 Å². The van der Waals surface area contributed by atoms with E-state index in [1.54, 1.807) is 36.3 Å². The number of halogens is 1. The maximum Gasteiger partial charge on any atom is 0.317 e. The predicted octanol–water partition coefficient (Wildman–Crippen LogP) is 2.40. The molecule has 0 aliphatic carbocycles. The number of rotatable bonds is 9. The lowest BCUT2D eigenvalue weighted by atomic mass is 10.1. The van der Waals surface area contributed by atoms with Crippen LogP contribution in [0.4, 0.5) is 20.6 Å². The van der Waals surface area contributed by atoms with Crippen LogP contribution in [0.2, 0.25) is 0 Å². The summed E-state index contributed by atoms with van der Waals surface area (Å²) in [4.78, 5) is 42.4. The Morgan fingerprint density at radius 1 is 1.03 bits per heavy atom. The van der Waals surface area contributed by atoms with Crippen LogP contribution in [0.15, 0.2) is 48.5 Å². The van der Waals surface area contributed by atoms with Crippen molar-refractivity contribution in [2.24, 2.45) is 0 Å². The van der Waals surface area contributed by atoms with E-state index < -0.39 is 5.82 Å². The van der Waals surface area contributed by atoms with Crippen LogP contribution in [0, 0.1) is 5.82 Å². The van der Waals surface area contributed by atoms with Gasteiger partial charge in [-0.15, -0.1) is 0 Å². The average molecular weight is 486 g/mol. The molecule has 2 N–H and O–H groups in total. The molecule has 188 valence electrons. The lowest BCUT2D eigenvalue weighted by Crippen LogP contribution is -2.49. The number of carbonyl (C=O) groups excluding carboxylic acids is 3. The molecule has 0 saturated carbocycles. The molecule has 0 radical (unpaired) electrons. The van der Waals surface area contributed by atoms with E-state index >= 15 is 0 Å². The van der Waals surface area contributed by atoms with Gasteiger partial charge in [0.2, 0.25) is 5.91 Å². The van der Waals surface area contributed by atoms with Gasteiger partial charge in [0.1, 0.15) is 12.4 Å². The SMILES string of the molecule is CCNC(=O)N(CCOC)CC(=O)Nc1ccc(N2CCN(C(=O)c3ccccc3F)CC2)cc1. The summed E-state index contributed by atoms with van der Waals surface area (Å²) in [6.45, 7) is 5.05. The zero-order chi connectivity index (χ0) is 25.2. The van der Waals surface area contributed by atoms with Crippen LogP contribution in [-0.2, 0) is 9.53 Å². The molecule has 1 saturated heterocycles. The molecule has 1 aliphatic rings. The Bertz CT molecular complexity index is 1010. The average Bonchev–Trinajstić information content (AvgIpc) is 2.87. The van der Waals surface area contributed by atoms with E-state index in [0.717, 1.165) is 5.69 Å². The molecular weight excluding hydrogens is 453 g/mol. The first kappa shape index (κ1) is 26.0. The van der Waals surface area contributed by atoms with Gasteiger partial charge in [-0.3, -0.25) is 9.59 Å². The highest BCUT2D eigenvalue weighted by Gasteiger charge is 2.24. The Balaban J connectivity index is 1.52. The van der Waals surface area contributed by atoms with Crippen molar-refractivity contribution >= 4 is 29.2 Å². The van der Waals surface area contributed by atoms with Gasteiger partial charge in [0, 0.05) is 57.8 Å². The molecule has 1 fully saturated rings. The molecule has 0 bridgehead atoms. The molecule has 9 nitrogen and oxygen atoms in total. The van der Waals surface area contributed by atoms with Crippen molar-refractivity contribution in [2.45, 2.75) is 6.92 Å². The fourth-order valence-corrected chi connectivity index (χ4v) is 3.82. The van der Waals surface area contributed by atoms with Crippen molar-refractivity contribution in [3.63, 3.8) is 0 Å². The molecule has 1 heterocycles. The molecule has 4 amide bonds. The largest absolute Gasteiger partial charge is 0.383 e. The van der Waals surface area contributed by atoms with E-state index in [1.807, 2.05) is 19.1 Å². The molecule has 1 aliphatic heterocycles. The number of amides is 4. The van der Waals surface area contributed by atoms with Crippen LogP contribution in [0.5, 0.6) is 0 Å². The summed E-state index contributed by atoms with van der Waals surface area (Å²) in [5, 5.41) is 5.51. The second-order valence-corrected chi connectivity index (χ2v) is 8.10. The quantitative estimate of drug-likeness (QED) is 0.569. The minimum atomic E-state index is -0.509. The maximum absolute atomic E-state index is 13.9. The summed E-state index contributed by atoms with van der Waals surface area (Å²) in [5.41, 5.74) is 1.67. The normalized spacial score (nSPS) is 13.3. The molecule has 0 aromatic heterocycles. The van der Waals surface area contributed by atoms with E-state index in [9.17, 15) is 18.8 Å². The zero-order valence-corrected chi connectivity index (χ0v) is 20.1. The number of anilines is 2. The third-order valence-corrected chi connectivity index (χ3v) is 5.70. The number of benzene rings is 2. The summed E-state index contributed by atoms with van der Waals surface area (Å²) in [6, 6.07) is 13.1. The second kappa shape index (κ2) is 12.7. The fourth-order valence-electron chi connectivity index (χ4n) is 3.82. The van der Waals surface area contributed by atoms with Crippen molar-refractivity contribution < 1.29 is 23.5 Å². The number of urea groups is 1. The number of methoxy groups -OCH3 is 1. The van der Waals surface area contributed by atoms with Crippen LogP contribution in [0.1, 0.15) is 17.3 Å². The Morgan fingerprint density at radius 2 is 1.71 bits per heavy atom. The van der Waals surface area contributed by atoms with Crippen LogP contribution in [0.25, 0.3) is 0 Å². The van der Waals surface area contributed by atoms with Crippen LogP contribution >= 0.6 is 0 Å². The molecule has 0 spiro atoms. The molecule has 35 heavy (non-hydrogen) atoms. The smallest absolute Gasteiger partial charge is 0.317 e. The number of ether oxygens (including phenoxy) is 1. The minimum absolute atomic E-state index is 0.0884. The third-order valence-electron chi connectivity index (χ3n) is 5.70. The number of piperazine rings is 1. The summed E-state index contributed by atoms with van der Waals surface area (Å²) in [6.07, 6.45) is 0. The molecule has 2 aromatic rings. The first-order valence-electron chi connectivity index (χ1n) is 11.6. The summed E-state index contributed by atoms with van der Waals surface area (Å²) in [7, 11) is 1.54. The fraction of sp³-hybridized carbons (Fsp3) is 0.400. The van der Waals surface area contributed by atoms with Crippen molar-refractivity contribution in [1.82, 2.24) is 15.1 Å². The van der Waals surface area contributed by atoms with Gasteiger partial charge in [0.25, 0.3) is 5.91 Å². The summed E-state index contributed by atoms with van der Waals surface area (Å²) >= 11 is 0. The second-order valence-electron chi connectivity index (χ2n) is 8.10. The monoisotopic (exact) mass is 485 g/mol. The van der Waals surface area contributed by atoms with Crippen molar-refractivity contribution in [3.8, 4) is 0 Å². The van der Waals surface area contributed by atoms with Crippen molar-refractivity contribution in [3.05, 3.63) is 59.9 Å². The van der Waals surface area contributed by atoms with Gasteiger partial charge in [-0.25, -0.2) is 9.18 Å². The Labute approximate surface area is 204 Å². The topological polar surface area (TPSA) is 94.2 Å². The van der Waals surface area contributed by atoms with Gasteiger partial charge in [-0.2, -0.15) is 0 Å². The Kier molecular flexibility index (Phi) is 9.42. The molecule has 3 rings (SSSR count). The van der Waals surface area contributed by atoms with Crippen LogP contribution < -0.4 is 15.5 Å². The van der Waals surface area contributed by atoms with Crippen molar-refractivity contribution in [2.75, 3.05) is 69.7 Å². The highest BCUT2D eigenvalue weighted by atomic mass is 19.1. The van der Waals surface area contributed by atoms with Gasteiger partial charge in [-0.05, 0) is 43.3 Å². The number of carbonyl (C=O) groups is 3. The summed E-state index contributed by atoms with van der Waals surface area (Å²) in [5.74, 6) is -1.11. The number of hydrogen-bond acceptors (Lipinski definition) is 5. The molecule has 2 aromatic carbocycles. The maximum atomic E-state index is 13.9. The van der Waals surface area contributed by atoms with E-state index in [0.29, 0.717) is 51.6 Å². The van der Waals surface area contributed by atoms with E-state index in [1.165, 1.54) is 17.0 Å². The van der Waals surface area contributed by atoms with E-state index in [4.69, 9.17) is 4.74 Å². The molecule has 0 unspecified atom stereocenters. The molecule has 0 atom stereocenters. The Hall–Kier alpha value is -3.66. The minimum Gasteiger partial charge on any atom is -0.383 e. The Morgan fingerprint density at radius 3 is 2.34 bits per heavy atom. The highest BCUT2D eigenvalue weighted by Crippen LogP contribution is 2.21. The standard InChI is InChI=1S/C25H32FN5O4/c1-3-27-25(34)31(16-17-35-2)18-23(32)28-19-8-10-20(11-9-19)29-12-14-30(15-13-29)24(33)21-6-4-5-7-22(21)26/h4-11H,3,12-18H2,1-2H3,(H,27,34)(H,28,32). The summed E-state index contributed by atoms with van der Waals surface area (Å²) < 4.78 is 19.0. The molecule has 10 heteroatoms. The number of hydrogen-bond donors (Lipinski definition) is 2. The van der Waals surface area contributed by atoms with E-state index in [2.05, 4.69) is 15.5 Å². The molecular formula is C25H32FN5O4. The highest BCUT2D eigenvalue weighted by molar-refractivity contribution is 5.95. The van der Waals surface area contributed by atoms with Crippen molar-refractivity contribution in [1.29, 1.82) is 0 Å². The number of nitrogens with one attached hydrogen (secondary N) is 2. The lowest BCUT2D eigenvalue weighted by Gasteiger charge is -2.36. The van der Waals surface area contributed by atoms with Gasteiger partial charge in [0.15, 0.2) is 0 Å². The number of nitrogens with zero attached hydrogens (tertiary/aromatic N) is 3. The van der Waals surface area contributed by atoms with E-state index in [-0.39, 0.29) is 30.0 Å². The first-order valence-corrected chi connectivity index (χ1v) is 11.6. The lowest BCUT2D eigenvalue weighted by molar-refractivity contribution is -0.116. The predicted molar refractivity (Wildman–Crippen MR) is 132 cm³/mol. The third kappa shape index (κ3) is 7.16. The van der Waals surface area contributed by atoms with Crippen LogP contribution in [0.3, 0.4) is 0 Å².